The summed E-state index contributed by atoms with van der Waals surface area (Å²) >= 11 is 0. The number of aromatic nitrogens is 2. The molecule has 2 atom stereocenters. The lowest BCUT2D eigenvalue weighted by Gasteiger charge is -2.32. The van der Waals surface area contributed by atoms with Crippen molar-refractivity contribution in [3.8, 4) is 0 Å². The number of amides is 2. The zero-order chi connectivity index (χ0) is 23.5. The number of piperidine rings is 1. The van der Waals surface area contributed by atoms with Crippen molar-refractivity contribution in [3.63, 3.8) is 0 Å². The summed E-state index contributed by atoms with van der Waals surface area (Å²) in [5.41, 5.74) is 1.37. The molecule has 0 N–H and O–H groups in total. The fourth-order valence-corrected chi connectivity index (χ4v) is 4.49. The molecule has 1 fully saturated rings. The average Bonchev–Trinajstić information content (AvgIpc) is 3.29. The number of rotatable bonds is 7. The topological polar surface area (TPSA) is 97.0 Å². The van der Waals surface area contributed by atoms with E-state index in [2.05, 4.69) is 15.1 Å². The Morgan fingerprint density at radius 1 is 1.12 bits per heavy atom. The van der Waals surface area contributed by atoms with Gasteiger partial charge in [0, 0.05) is 44.1 Å². The van der Waals surface area contributed by atoms with Crippen molar-refractivity contribution < 1.29 is 14.4 Å². The summed E-state index contributed by atoms with van der Waals surface area (Å²) in [5, 5.41) is 4.27. The molecular weight excluding hydrogens is 418 g/mol. The molecule has 3 aliphatic rings. The Bertz CT molecular complexity index is 1050. The minimum atomic E-state index is -0.376. The van der Waals surface area contributed by atoms with Crippen LogP contribution in [0.5, 0.6) is 0 Å². The highest BCUT2D eigenvalue weighted by Crippen LogP contribution is 2.24. The minimum absolute atomic E-state index is 0.0225. The second-order valence-corrected chi connectivity index (χ2v) is 9.46. The van der Waals surface area contributed by atoms with Gasteiger partial charge in [0.2, 0.25) is 5.91 Å². The molecule has 0 radical (unpaired) electrons. The largest absolute Gasteiger partial charge is 0.343 e. The summed E-state index contributed by atoms with van der Waals surface area (Å²) in [6.07, 6.45) is 13.0. The molecular formula is C25H31N5O3. The Balaban J connectivity index is 1.26. The number of carbonyl (C=O) groups excluding carboxylic acids is 3. The van der Waals surface area contributed by atoms with Gasteiger partial charge in [-0.15, -0.1) is 0 Å². The van der Waals surface area contributed by atoms with Crippen LogP contribution in [0.2, 0.25) is 0 Å². The van der Waals surface area contributed by atoms with Crippen molar-refractivity contribution in [2.24, 2.45) is 27.7 Å². The lowest BCUT2D eigenvalue weighted by molar-refractivity contribution is -0.133. The lowest BCUT2D eigenvalue weighted by Crippen LogP contribution is -2.40. The summed E-state index contributed by atoms with van der Waals surface area (Å²) < 4.78 is 1.80. The van der Waals surface area contributed by atoms with Gasteiger partial charge < -0.3 is 4.90 Å². The number of Topliss-reactive ketones (excluding diaryl/α,β-unsaturated/α-hetero) is 1. The van der Waals surface area contributed by atoms with E-state index in [1.54, 1.807) is 17.0 Å². The molecule has 1 aromatic heterocycles. The summed E-state index contributed by atoms with van der Waals surface area (Å²) in [5.74, 6) is 0.0765. The second-order valence-electron chi connectivity index (χ2n) is 9.46. The zero-order valence-electron chi connectivity index (χ0n) is 19.5. The highest BCUT2D eigenvalue weighted by Gasteiger charge is 2.30. The molecule has 8 nitrogen and oxygen atoms in total. The standard InChI is InChI=1S/C25H31N5O3/c1-16(2)30-15-19(14-26-30)24(32)18-8-10-29(11-9-18)23(31)13-17(3)12-22-27-21-7-5-4-6-20(21)25(33)28-22/h4-7,14-18,20H,8-13H2,1-3H3/t17-,20?/m1/s1. The molecule has 0 aromatic carbocycles. The third kappa shape index (κ3) is 5.26. The first kappa shape index (κ1) is 23.0. The number of amidine groups is 1. The third-order valence-electron chi connectivity index (χ3n) is 6.45. The molecule has 3 heterocycles. The van der Waals surface area contributed by atoms with Gasteiger partial charge in [-0.2, -0.15) is 10.1 Å². The maximum Gasteiger partial charge on any atom is 0.260 e. The van der Waals surface area contributed by atoms with Crippen LogP contribution >= 0.6 is 0 Å². The molecule has 1 unspecified atom stereocenters. The molecule has 4 rings (SSSR count). The fraction of sp³-hybridized carbons (Fsp3) is 0.520. The zero-order valence-corrected chi connectivity index (χ0v) is 19.5. The van der Waals surface area contributed by atoms with E-state index in [1.807, 2.05) is 50.1 Å². The number of carbonyl (C=O) groups is 3. The van der Waals surface area contributed by atoms with E-state index in [9.17, 15) is 14.4 Å². The van der Waals surface area contributed by atoms with E-state index in [4.69, 9.17) is 0 Å². The predicted octanol–water partition coefficient (Wildman–Crippen LogP) is 3.42. The Labute approximate surface area is 194 Å². The molecule has 0 spiro atoms. The monoisotopic (exact) mass is 449 g/mol. The molecule has 174 valence electrons. The second kappa shape index (κ2) is 9.77. The summed E-state index contributed by atoms with van der Waals surface area (Å²) in [4.78, 5) is 48.4. The number of fused-ring (bicyclic) bond motifs is 1. The van der Waals surface area contributed by atoms with Gasteiger partial charge in [0.05, 0.1) is 17.5 Å². The average molecular weight is 450 g/mol. The summed E-state index contributed by atoms with van der Waals surface area (Å²) in [6, 6.07) is 0.217. The highest BCUT2D eigenvalue weighted by molar-refractivity contribution is 6.21. The first-order valence-corrected chi connectivity index (χ1v) is 11.7. The third-order valence-corrected chi connectivity index (χ3v) is 6.45. The number of aliphatic imine (C=N–C) groups is 2. The van der Waals surface area contributed by atoms with E-state index < -0.39 is 0 Å². The molecule has 8 heteroatoms. The molecule has 1 aliphatic carbocycles. The lowest BCUT2D eigenvalue weighted by atomic mass is 9.89. The van der Waals surface area contributed by atoms with Gasteiger partial charge >= 0.3 is 0 Å². The first-order valence-electron chi connectivity index (χ1n) is 11.7. The Kier molecular flexibility index (Phi) is 6.81. The Hall–Kier alpha value is -3.16. The maximum absolute atomic E-state index is 12.8. The van der Waals surface area contributed by atoms with E-state index >= 15 is 0 Å². The molecule has 0 saturated carbocycles. The van der Waals surface area contributed by atoms with E-state index in [-0.39, 0.29) is 41.4 Å². The summed E-state index contributed by atoms with van der Waals surface area (Å²) in [7, 11) is 0. The van der Waals surface area contributed by atoms with Crippen LogP contribution in [0.4, 0.5) is 0 Å². The van der Waals surface area contributed by atoms with Gasteiger partial charge in [0.25, 0.3) is 5.91 Å². The van der Waals surface area contributed by atoms with Crippen molar-refractivity contribution in [2.45, 2.75) is 52.5 Å². The highest BCUT2D eigenvalue weighted by atomic mass is 16.2. The van der Waals surface area contributed by atoms with E-state index in [1.165, 1.54) is 0 Å². The Morgan fingerprint density at radius 3 is 2.58 bits per heavy atom. The number of ketones is 1. The van der Waals surface area contributed by atoms with E-state index in [0.29, 0.717) is 50.2 Å². The number of allylic oxidation sites excluding steroid dienone is 3. The normalized spacial score (nSPS) is 21.6. The van der Waals surface area contributed by atoms with Crippen LogP contribution in [0.15, 0.2) is 46.7 Å². The SMILES string of the molecule is CC(C)n1cc(C(=O)C2CCN(C(=O)C[C@H](C)CC3=NC(=O)C4C=CC=CC4=N3)CC2)cn1. The van der Waals surface area contributed by atoms with Crippen molar-refractivity contribution in [1.82, 2.24) is 14.7 Å². The van der Waals surface area contributed by atoms with Crippen LogP contribution in [0.1, 0.15) is 62.9 Å². The first-order chi connectivity index (χ1) is 15.8. The van der Waals surface area contributed by atoms with Crippen molar-refractivity contribution in [2.75, 3.05) is 13.1 Å². The van der Waals surface area contributed by atoms with Gasteiger partial charge in [-0.3, -0.25) is 19.1 Å². The quantitative estimate of drug-likeness (QED) is 0.596. The number of hydrogen-bond acceptors (Lipinski definition) is 5. The smallest absolute Gasteiger partial charge is 0.260 e. The number of nitrogens with zero attached hydrogens (tertiary/aromatic N) is 5. The van der Waals surface area contributed by atoms with Gasteiger partial charge in [0.1, 0.15) is 11.8 Å². The van der Waals surface area contributed by atoms with Crippen molar-refractivity contribution in [3.05, 3.63) is 42.3 Å². The maximum atomic E-state index is 12.8. The number of hydrogen-bond donors (Lipinski definition) is 0. The molecule has 1 saturated heterocycles. The molecule has 0 bridgehead atoms. The van der Waals surface area contributed by atoms with Gasteiger partial charge in [-0.05, 0) is 38.7 Å². The van der Waals surface area contributed by atoms with Crippen LogP contribution in [0.25, 0.3) is 0 Å². The Morgan fingerprint density at radius 2 is 1.88 bits per heavy atom. The van der Waals surface area contributed by atoms with Crippen molar-refractivity contribution >= 4 is 29.1 Å². The minimum Gasteiger partial charge on any atom is -0.343 e. The summed E-state index contributed by atoms with van der Waals surface area (Å²) in [6.45, 7) is 7.20. The van der Waals surface area contributed by atoms with E-state index in [0.717, 1.165) is 5.71 Å². The van der Waals surface area contributed by atoms with Crippen LogP contribution < -0.4 is 0 Å². The van der Waals surface area contributed by atoms with Crippen LogP contribution in [-0.2, 0) is 9.59 Å². The van der Waals surface area contributed by atoms with Crippen LogP contribution in [0, 0.1) is 17.8 Å². The molecule has 33 heavy (non-hydrogen) atoms. The van der Waals surface area contributed by atoms with Crippen LogP contribution in [0.3, 0.4) is 0 Å². The van der Waals surface area contributed by atoms with Gasteiger partial charge in [-0.25, -0.2) is 4.99 Å². The molecule has 2 amide bonds. The van der Waals surface area contributed by atoms with Gasteiger partial charge in [0.15, 0.2) is 5.78 Å². The fourth-order valence-electron chi connectivity index (χ4n) is 4.49. The predicted molar refractivity (Wildman–Crippen MR) is 126 cm³/mol. The molecule has 1 aromatic rings. The number of likely N-dealkylation sites (tertiary alicyclic amines) is 1. The van der Waals surface area contributed by atoms with Crippen molar-refractivity contribution in [1.29, 1.82) is 0 Å². The van der Waals surface area contributed by atoms with Crippen LogP contribution in [-0.4, -0.2) is 56.9 Å². The molecule has 2 aliphatic heterocycles. The van der Waals surface area contributed by atoms with Gasteiger partial charge in [-0.1, -0.05) is 25.2 Å².